The topological polar surface area (TPSA) is 119 Å². The lowest BCUT2D eigenvalue weighted by molar-refractivity contribution is -0.121. The zero-order valence-corrected chi connectivity index (χ0v) is 13.9. The van der Waals surface area contributed by atoms with Gasteiger partial charge in [-0.2, -0.15) is 0 Å². The molecule has 0 bridgehead atoms. The number of nitrogens with one attached hydrogen (secondary N) is 2. The molecule has 0 saturated heterocycles. The van der Waals surface area contributed by atoms with Gasteiger partial charge in [0.15, 0.2) is 0 Å². The average molecular weight is 368 g/mol. The maximum Gasteiger partial charge on any atom is 0.248 e. The van der Waals surface area contributed by atoms with Crippen LogP contribution in [-0.4, -0.2) is 24.0 Å². The summed E-state index contributed by atoms with van der Waals surface area (Å²) < 4.78 is 0. The number of dihydropyridines is 1. The minimum absolute atomic E-state index is 0.145. The Kier molecular flexibility index (Phi) is 6.34. The summed E-state index contributed by atoms with van der Waals surface area (Å²) in [5.74, 6) is 5.56. The second-order valence-corrected chi connectivity index (χ2v) is 5.64. The maximum atomic E-state index is 12.6. The largest absolute Gasteiger partial charge is 0.355 e. The van der Waals surface area contributed by atoms with Crippen LogP contribution < -0.4 is 21.5 Å². The highest BCUT2D eigenvalue weighted by molar-refractivity contribution is 6.31. The van der Waals surface area contributed by atoms with E-state index in [4.69, 9.17) is 34.6 Å². The maximum absolute atomic E-state index is 12.6. The van der Waals surface area contributed by atoms with Crippen LogP contribution in [0.1, 0.15) is 0 Å². The summed E-state index contributed by atoms with van der Waals surface area (Å²) in [6, 6.07) is 7.95. The Hall–Kier alpha value is -2.38. The number of anilines is 1. The van der Waals surface area contributed by atoms with E-state index in [0.29, 0.717) is 11.4 Å². The van der Waals surface area contributed by atoms with E-state index in [-0.39, 0.29) is 11.7 Å². The van der Waals surface area contributed by atoms with E-state index >= 15 is 0 Å². The van der Waals surface area contributed by atoms with Crippen molar-refractivity contribution < 1.29 is 4.79 Å². The number of allylic oxidation sites excluding steroid dienone is 1. The molecule has 0 saturated carbocycles. The molecule has 1 heterocycles. The van der Waals surface area contributed by atoms with Crippen LogP contribution in [0, 0.1) is 0 Å². The fourth-order valence-corrected chi connectivity index (χ4v) is 2.47. The van der Waals surface area contributed by atoms with Crippen LogP contribution in [0.3, 0.4) is 0 Å². The van der Waals surface area contributed by atoms with Gasteiger partial charge in [-0.25, -0.2) is 5.84 Å². The van der Waals surface area contributed by atoms with Crippen molar-refractivity contribution in [2.75, 3.05) is 11.6 Å². The van der Waals surface area contributed by atoms with Gasteiger partial charge >= 0.3 is 0 Å². The van der Waals surface area contributed by atoms with Crippen LogP contribution in [0.25, 0.3) is 10.4 Å². The van der Waals surface area contributed by atoms with Gasteiger partial charge in [0.25, 0.3) is 0 Å². The molecule has 1 amide bonds. The van der Waals surface area contributed by atoms with E-state index in [2.05, 4.69) is 20.7 Å². The Morgan fingerprint density at radius 3 is 2.83 bits per heavy atom. The highest BCUT2D eigenvalue weighted by atomic mass is 35.5. The summed E-state index contributed by atoms with van der Waals surface area (Å²) in [5.41, 5.74) is 9.05. The van der Waals surface area contributed by atoms with E-state index in [1.807, 2.05) is 6.07 Å². The molecule has 10 heteroatoms. The van der Waals surface area contributed by atoms with Crippen molar-refractivity contribution >= 4 is 34.8 Å². The van der Waals surface area contributed by atoms with Gasteiger partial charge in [0, 0.05) is 4.91 Å². The number of para-hydroxylation sites is 1. The third kappa shape index (κ3) is 4.56. The summed E-state index contributed by atoms with van der Waals surface area (Å²) in [5, 5.41) is 10.3. The quantitative estimate of drug-likeness (QED) is 0.136. The Bertz CT molecular complexity index is 700. The van der Waals surface area contributed by atoms with Crippen molar-refractivity contribution in [1.82, 2.24) is 10.6 Å². The predicted molar refractivity (Wildman–Crippen MR) is 93.8 cm³/mol. The van der Waals surface area contributed by atoms with Gasteiger partial charge in [0.2, 0.25) is 5.91 Å². The number of nitrogens with two attached hydrogens (primary N) is 1. The molecular formula is C14H15Cl2N7O. The molecular weight excluding hydrogens is 353 g/mol. The highest BCUT2D eigenvalue weighted by Gasteiger charge is 2.25. The lowest BCUT2D eigenvalue weighted by Crippen LogP contribution is -2.52. The smallest absolute Gasteiger partial charge is 0.248 e. The van der Waals surface area contributed by atoms with Crippen molar-refractivity contribution in [3.05, 3.63) is 63.8 Å². The lowest BCUT2D eigenvalue weighted by atomic mass is 10.2. The van der Waals surface area contributed by atoms with Gasteiger partial charge in [0.05, 0.1) is 17.9 Å². The fraction of sp³-hybridized carbons (Fsp3) is 0.214. The minimum atomic E-state index is -0.914. The fourth-order valence-electron chi connectivity index (χ4n) is 2.00. The van der Waals surface area contributed by atoms with Gasteiger partial charge in [-0.1, -0.05) is 46.5 Å². The number of halogens is 2. The third-order valence-corrected chi connectivity index (χ3v) is 3.77. The summed E-state index contributed by atoms with van der Waals surface area (Å²) in [6.07, 6.45) is 3.21. The highest BCUT2D eigenvalue weighted by Crippen LogP contribution is 2.16. The molecule has 8 nitrogen and oxygen atoms in total. The molecule has 2 rings (SSSR count). The first-order chi connectivity index (χ1) is 11.5. The summed E-state index contributed by atoms with van der Waals surface area (Å²) in [7, 11) is 0. The van der Waals surface area contributed by atoms with Crippen molar-refractivity contribution in [2.24, 2.45) is 11.0 Å². The van der Waals surface area contributed by atoms with Crippen molar-refractivity contribution in [2.45, 2.75) is 11.5 Å². The molecule has 1 aromatic rings. The van der Waals surface area contributed by atoms with Crippen LogP contribution in [0.5, 0.6) is 0 Å². The van der Waals surface area contributed by atoms with Gasteiger partial charge in [-0.05, 0) is 29.8 Å². The molecule has 0 aliphatic carbocycles. The van der Waals surface area contributed by atoms with Crippen LogP contribution in [0.4, 0.5) is 5.69 Å². The van der Waals surface area contributed by atoms with E-state index in [1.54, 1.807) is 36.4 Å². The van der Waals surface area contributed by atoms with Crippen LogP contribution in [0.15, 0.2) is 58.5 Å². The number of hydrogen-bond donors (Lipinski definition) is 3. The predicted octanol–water partition coefficient (Wildman–Crippen LogP) is 2.29. The molecule has 0 fully saturated rings. The normalized spacial score (nSPS) is 17.5. The molecule has 126 valence electrons. The van der Waals surface area contributed by atoms with E-state index in [1.165, 1.54) is 5.01 Å². The number of amides is 1. The number of carbonyl (C=O) groups excluding carboxylic acids is 1. The lowest BCUT2D eigenvalue weighted by Gasteiger charge is -2.28. The van der Waals surface area contributed by atoms with Gasteiger partial charge in [-0.3, -0.25) is 9.80 Å². The van der Waals surface area contributed by atoms with E-state index in [9.17, 15) is 4.79 Å². The van der Waals surface area contributed by atoms with Crippen molar-refractivity contribution in [3.8, 4) is 0 Å². The number of hydrogen-bond acceptors (Lipinski definition) is 5. The van der Waals surface area contributed by atoms with Gasteiger partial charge in [-0.15, -0.1) is 0 Å². The molecule has 0 spiro atoms. The van der Waals surface area contributed by atoms with Crippen LogP contribution >= 0.6 is 23.2 Å². The van der Waals surface area contributed by atoms with Crippen molar-refractivity contribution in [3.63, 3.8) is 0 Å². The third-order valence-electron chi connectivity index (χ3n) is 3.20. The molecule has 1 aliphatic heterocycles. The molecule has 2 unspecified atom stereocenters. The zero-order chi connectivity index (χ0) is 17.5. The van der Waals surface area contributed by atoms with Gasteiger partial charge < -0.3 is 10.6 Å². The van der Waals surface area contributed by atoms with E-state index in [0.717, 1.165) is 0 Å². The molecule has 0 radical (unpaired) electrons. The summed E-state index contributed by atoms with van der Waals surface area (Å²) in [4.78, 5) is 15.2. The first-order valence-corrected chi connectivity index (χ1v) is 7.73. The number of carbonyl (C=O) groups is 1. The Balaban J connectivity index is 2.18. The molecule has 4 N–H and O–H groups in total. The zero-order valence-electron chi connectivity index (χ0n) is 12.4. The molecule has 1 aromatic carbocycles. The summed E-state index contributed by atoms with van der Waals surface area (Å²) >= 11 is 11.9. The van der Waals surface area contributed by atoms with Crippen LogP contribution in [-0.2, 0) is 4.79 Å². The average Bonchev–Trinajstić information content (AvgIpc) is 2.58. The Morgan fingerprint density at radius 1 is 1.50 bits per heavy atom. The number of rotatable bonds is 6. The first kappa shape index (κ1) is 18.0. The van der Waals surface area contributed by atoms with Crippen LogP contribution in [0.2, 0.25) is 0 Å². The second kappa shape index (κ2) is 8.47. The van der Waals surface area contributed by atoms with Crippen molar-refractivity contribution in [1.29, 1.82) is 0 Å². The molecule has 0 aromatic heterocycles. The first-order valence-electron chi connectivity index (χ1n) is 6.92. The number of azide groups is 1. The molecule has 2 atom stereocenters. The number of benzene rings is 1. The van der Waals surface area contributed by atoms with E-state index < -0.39 is 17.5 Å². The summed E-state index contributed by atoms with van der Waals surface area (Å²) in [6.45, 7) is -0.145. The Labute approximate surface area is 148 Å². The second-order valence-electron chi connectivity index (χ2n) is 4.79. The molecule has 1 aliphatic rings. The SMILES string of the molecule is [N-]=[N+]=NCC(C(=O)NC1=C(Cl)NC(Cl)C=C1)N(N)c1ccccc1. The Morgan fingerprint density at radius 2 is 2.21 bits per heavy atom. The number of hydrazine groups is 1. The minimum Gasteiger partial charge on any atom is -0.355 e. The standard InChI is InChI=1S/C14H15Cl2N7O/c15-12-7-6-10(13(16)21-12)20-14(24)11(8-19-22-17)23(18)9-4-2-1-3-5-9/h1-7,11-12,21H,8,18H2,(H,20,24). The monoisotopic (exact) mass is 367 g/mol. The molecule has 24 heavy (non-hydrogen) atoms. The van der Waals surface area contributed by atoms with Gasteiger partial charge in [0.1, 0.15) is 16.7 Å². The number of nitrogens with zero attached hydrogens (tertiary/aromatic N) is 4. The number of alkyl halides is 1.